The summed E-state index contributed by atoms with van der Waals surface area (Å²) < 4.78 is 10.1. The van der Waals surface area contributed by atoms with Crippen LogP contribution in [0.4, 0.5) is 11.4 Å². The van der Waals surface area contributed by atoms with E-state index >= 15 is 0 Å². The molecule has 0 spiro atoms. The Bertz CT molecular complexity index is 789. The SMILES string of the molecule is CCOC(=O)CNc1ccccc1C(=O)OCc1ccc([N+](=O)[O-])cc1. The Labute approximate surface area is 149 Å². The Morgan fingerprint density at radius 1 is 1.08 bits per heavy atom. The van der Waals surface area contributed by atoms with Gasteiger partial charge in [0.25, 0.3) is 5.69 Å². The third kappa shape index (κ3) is 5.30. The van der Waals surface area contributed by atoms with Crippen LogP contribution in [-0.2, 0) is 20.9 Å². The Balaban J connectivity index is 1.98. The standard InChI is InChI=1S/C18H18N2O6/c1-2-25-17(21)11-19-16-6-4-3-5-15(16)18(22)26-12-13-7-9-14(10-8-13)20(23)24/h3-10,19H,2,11-12H2,1H3. The number of benzene rings is 2. The van der Waals surface area contributed by atoms with Gasteiger partial charge in [-0.1, -0.05) is 12.1 Å². The van der Waals surface area contributed by atoms with Gasteiger partial charge in [0.1, 0.15) is 13.2 Å². The largest absolute Gasteiger partial charge is 0.465 e. The second-order valence-corrected chi connectivity index (χ2v) is 5.20. The summed E-state index contributed by atoms with van der Waals surface area (Å²) in [7, 11) is 0. The maximum atomic E-state index is 12.3. The van der Waals surface area contributed by atoms with E-state index in [2.05, 4.69) is 5.32 Å². The van der Waals surface area contributed by atoms with Crippen molar-refractivity contribution < 1.29 is 24.0 Å². The van der Waals surface area contributed by atoms with Crippen molar-refractivity contribution in [2.24, 2.45) is 0 Å². The predicted molar refractivity (Wildman–Crippen MR) is 93.8 cm³/mol. The van der Waals surface area contributed by atoms with Crippen LogP contribution in [0.5, 0.6) is 0 Å². The summed E-state index contributed by atoms with van der Waals surface area (Å²) in [5, 5.41) is 13.5. The van der Waals surface area contributed by atoms with Gasteiger partial charge < -0.3 is 14.8 Å². The predicted octanol–water partition coefficient (Wildman–Crippen LogP) is 2.93. The lowest BCUT2D eigenvalue weighted by Crippen LogP contribution is -2.18. The molecule has 0 atom stereocenters. The van der Waals surface area contributed by atoms with Gasteiger partial charge in [0.15, 0.2) is 0 Å². The quantitative estimate of drug-likeness (QED) is 0.439. The molecule has 0 aromatic heterocycles. The third-order valence-corrected chi connectivity index (χ3v) is 3.39. The van der Waals surface area contributed by atoms with E-state index in [-0.39, 0.29) is 31.0 Å². The number of hydrogen-bond acceptors (Lipinski definition) is 7. The minimum atomic E-state index is -0.574. The zero-order valence-electron chi connectivity index (χ0n) is 14.1. The molecule has 2 aromatic rings. The molecule has 0 bridgehead atoms. The van der Waals surface area contributed by atoms with Crippen molar-refractivity contribution >= 4 is 23.3 Å². The fourth-order valence-corrected chi connectivity index (χ4v) is 2.14. The topological polar surface area (TPSA) is 108 Å². The molecule has 0 aliphatic rings. The van der Waals surface area contributed by atoms with Crippen LogP contribution in [0, 0.1) is 10.1 Å². The highest BCUT2D eigenvalue weighted by atomic mass is 16.6. The van der Waals surface area contributed by atoms with E-state index in [0.29, 0.717) is 11.3 Å². The van der Waals surface area contributed by atoms with E-state index < -0.39 is 16.9 Å². The number of rotatable bonds is 8. The van der Waals surface area contributed by atoms with Crippen LogP contribution in [-0.4, -0.2) is 30.0 Å². The van der Waals surface area contributed by atoms with Crippen molar-refractivity contribution in [3.8, 4) is 0 Å². The smallest absolute Gasteiger partial charge is 0.340 e. The van der Waals surface area contributed by atoms with E-state index in [4.69, 9.17) is 9.47 Å². The number of nitro groups is 1. The molecule has 0 saturated carbocycles. The van der Waals surface area contributed by atoms with Crippen molar-refractivity contribution in [2.75, 3.05) is 18.5 Å². The van der Waals surface area contributed by atoms with Crippen LogP contribution in [0.25, 0.3) is 0 Å². The Morgan fingerprint density at radius 2 is 1.77 bits per heavy atom. The van der Waals surface area contributed by atoms with E-state index in [0.717, 1.165) is 0 Å². The number of para-hydroxylation sites is 1. The molecule has 2 aromatic carbocycles. The summed E-state index contributed by atoms with van der Waals surface area (Å²) in [6.45, 7) is 1.89. The lowest BCUT2D eigenvalue weighted by Gasteiger charge is -2.11. The van der Waals surface area contributed by atoms with Gasteiger partial charge in [-0.2, -0.15) is 0 Å². The number of nitrogens with zero attached hydrogens (tertiary/aromatic N) is 1. The van der Waals surface area contributed by atoms with Crippen molar-refractivity contribution in [1.82, 2.24) is 0 Å². The van der Waals surface area contributed by atoms with Gasteiger partial charge in [-0.15, -0.1) is 0 Å². The summed E-state index contributed by atoms with van der Waals surface area (Å²) in [5.41, 5.74) is 1.32. The minimum Gasteiger partial charge on any atom is -0.465 e. The number of ether oxygens (including phenoxy) is 2. The monoisotopic (exact) mass is 358 g/mol. The molecule has 0 aliphatic carbocycles. The van der Waals surface area contributed by atoms with Crippen molar-refractivity contribution in [3.05, 3.63) is 69.8 Å². The van der Waals surface area contributed by atoms with Crippen molar-refractivity contribution in [3.63, 3.8) is 0 Å². The Morgan fingerprint density at radius 3 is 2.42 bits per heavy atom. The summed E-state index contributed by atoms with van der Waals surface area (Å²) >= 11 is 0. The second kappa shape index (κ2) is 9.16. The number of carbonyl (C=O) groups excluding carboxylic acids is 2. The lowest BCUT2D eigenvalue weighted by atomic mass is 10.1. The number of anilines is 1. The molecule has 0 fully saturated rings. The summed E-state index contributed by atoms with van der Waals surface area (Å²) in [6.07, 6.45) is 0. The number of hydrogen-bond donors (Lipinski definition) is 1. The number of non-ortho nitro benzene ring substituents is 1. The van der Waals surface area contributed by atoms with E-state index in [9.17, 15) is 19.7 Å². The molecular weight excluding hydrogens is 340 g/mol. The van der Waals surface area contributed by atoms with Gasteiger partial charge in [-0.05, 0) is 36.8 Å². The van der Waals surface area contributed by atoms with Crippen LogP contribution in [0.15, 0.2) is 48.5 Å². The molecule has 0 unspecified atom stereocenters. The van der Waals surface area contributed by atoms with E-state index in [1.807, 2.05) is 0 Å². The molecule has 8 heteroatoms. The first-order chi connectivity index (χ1) is 12.5. The minimum absolute atomic E-state index is 0.0248. The highest BCUT2D eigenvalue weighted by molar-refractivity contribution is 5.96. The van der Waals surface area contributed by atoms with Gasteiger partial charge in [0.05, 0.1) is 17.1 Å². The van der Waals surface area contributed by atoms with E-state index in [1.165, 1.54) is 24.3 Å². The molecule has 0 radical (unpaired) electrons. The van der Waals surface area contributed by atoms with Crippen molar-refractivity contribution in [1.29, 1.82) is 0 Å². The average molecular weight is 358 g/mol. The average Bonchev–Trinajstić information content (AvgIpc) is 2.65. The van der Waals surface area contributed by atoms with Crippen LogP contribution >= 0.6 is 0 Å². The zero-order chi connectivity index (χ0) is 18.9. The maximum Gasteiger partial charge on any atom is 0.340 e. The zero-order valence-corrected chi connectivity index (χ0v) is 14.1. The fourth-order valence-electron chi connectivity index (χ4n) is 2.14. The number of carbonyl (C=O) groups is 2. The van der Waals surface area contributed by atoms with Gasteiger partial charge in [-0.3, -0.25) is 14.9 Å². The van der Waals surface area contributed by atoms with E-state index in [1.54, 1.807) is 31.2 Å². The van der Waals surface area contributed by atoms with Crippen LogP contribution in [0.3, 0.4) is 0 Å². The van der Waals surface area contributed by atoms with Crippen LogP contribution in [0.1, 0.15) is 22.8 Å². The molecule has 0 amide bonds. The van der Waals surface area contributed by atoms with Gasteiger partial charge in [-0.25, -0.2) is 4.79 Å². The molecule has 26 heavy (non-hydrogen) atoms. The third-order valence-electron chi connectivity index (χ3n) is 3.39. The first-order valence-corrected chi connectivity index (χ1v) is 7.90. The molecule has 2 rings (SSSR count). The summed E-state index contributed by atoms with van der Waals surface area (Å²) in [5.74, 6) is -1.00. The molecule has 8 nitrogen and oxygen atoms in total. The van der Waals surface area contributed by atoms with Crippen LogP contribution < -0.4 is 5.32 Å². The van der Waals surface area contributed by atoms with Gasteiger partial charge in [0, 0.05) is 17.8 Å². The Hall–Kier alpha value is -3.42. The van der Waals surface area contributed by atoms with Gasteiger partial charge >= 0.3 is 11.9 Å². The first-order valence-electron chi connectivity index (χ1n) is 7.90. The molecule has 0 saturated heterocycles. The molecule has 136 valence electrons. The second-order valence-electron chi connectivity index (χ2n) is 5.20. The molecule has 1 N–H and O–H groups in total. The van der Waals surface area contributed by atoms with Gasteiger partial charge in [0.2, 0.25) is 0 Å². The number of esters is 2. The lowest BCUT2D eigenvalue weighted by molar-refractivity contribution is -0.384. The highest BCUT2D eigenvalue weighted by Crippen LogP contribution is 2.18. The molecule has 0 aliphatic heterocycles. The first kappa shape index (κ1) is 18.9. The normalized spacial score (nSPS) is 10.0. The molecular formula is C18H18N2O6. The number of nitrogens with one attached hydrogen (secondary N) is 1. The highest BCUT2D eigenvalue weighted by Gasteiger charge is 2.14. The number of nitro benzene ring substituents is 1. The fraction of sp³-hybridized carbons (Fsp3) is 0.222. The molecule has 0 heterocycles. The Kier molecular flexibility index (Phi) is 6.67. The summed E-state index contributed by atoms with van der Waals surface area (Å²) in [6, 6.07) is 12.4. The summed E-state index contributed by atoms with van der Waals surface area (Å²) in [4.78, 5) is 33.9. The van der Waals surface area contributed by atoms with Crippen LogP contribution in [0.2, 0.25) is 0 Å². The maximum absolute atomic E-state index is 12.3. The van der Waals surface area contributed by atoms with Crippen molar-refractivity contribution in [2.45, 2.75) is 13.5 Å².